The van der Waals surface area contributed by atoms with Crippen molar-refractivity contribution in [3.05, 3.63) is 74.6 Å². The van der Waals surface area contributed by atoms with Gasteiger partial charge in [-0.1, -0.05) is 0 Å². The molecule has 166 valence electrons. The minimum Gasteiger partial charge on any atom is -0.493 e. The third-order valence-electron chi connectivity index (χ3n) is 4.63. The van der Waals surface area contributed by atoms with E-state index >= 15 is 0 Å². The lowest BCUT2D eigenvalue weighted by molar-refractivity contribution is -0.139. The lowest BCUT2D eigenvalue weighted by Crippen LogP contribution is -2.17. The van der Waals surface area contributed by atoms with Gasteiger partial charge in [0.2, 0.25) is 0 Å². The molecule has 2 N–H and O–H groups in total. The Hall–Kier alpha value is -3.34. The van der Waals surface area contributed by atoms with Gasteiger partial charge >= 0.3 is 5.97 Å². The summed E-state index contributed by atoms with van der Waals surface area (Å²) in [5.74, 6) is -0.707. The van der Waals surface area contributed by atoms with Gasteiger partial charge in [-0.25, -0.2) is 10.2 Å². The Balaban J connectivity index is 1.68. The Labute approximate surface area is 199 Å². The van der Waals surface area contributed by atoms with Gasteiger partial charge < -0.3 is 19.1 Å². The van der Waals surface area contributed by atoms with Crippen molar-refractivity contribution in [1.82, 2.24) is 9.99 Å². The molecule has 1 amide bonds. The highest BCUT2D eigenvalue weighted by Crippen LogP contribution is 2.33. The predicted octanol–water partition coefficient (Wildman–Crippen LogP) is 3.93. The summed E-state index contributed by atoms with van der Waals surface area (Å²) in [5.41, 5.74) is 6.87. The highest BCUT2D eigenvalue weighted by molar-refractivity contribution is 14.1. The number of halogens is 1. The van der Waals surface area contributed by atoms with Crippen LogP contribution in [0.4, 0.5) is 0 Å². The lowest BCUT2D eigenvalue weighted by atomic mass is 10.2. The fraction of sp³-hybridized carbons (Fsp3) is 0.174. The summed E-state index contributed by atoms with van der Waals surface area (Å²) in [6.45, 7) is 3.59. The number of carboxylic acid groups (broad SMARTS) is 1. The molecule has 3 aromatic rings. The fourth-order valence-corrected chi connectivity index (χ4v) is 3.94. The van der Waals surface area contributed by atoms with E-state index in [-0.39, 0.29) is 5.91 Å². The molecule has 0 radical (unpaired) electrons. The number of benzene rings is 2. The monoisotopic (exact) mass is 547 g/mol. The van der Waals surface area contributed by atoms with Gasteiger partial charge in [0.05, 0.1) is 16.9 Å². The molecule has 1 aromatic heterocycles. The van der Waals surface area contributed by atoms with Gasteiger partial charge in [0.1, 0.15) is 0 Å². The lowest BCUT2D eigenvalue weighted by Gasteiger charge is -2.12. The van der Waals surface area contributed by atoms with Gasteiger partial charge in [0, 0.05) is 22.6 Å². The number of hydrazone groups is 1. The van der Waals surface area contributed by atoms with Gasteiger partial charge in [-0.05, 0) is 90.5 Å². The van der Waals surface area contributed by atoms with Crippen LogP contribution >= 0.6 is 22.6 Å². The summed E-state index contributed by atoms with van der Waals surface area (Å²) in [7, 11) is 1.46. The molecule has 0 saturated heterocycles. The fourth-order valence-electron chi connectivity index (χ4n) is 3.16. The second-order valence-corrected chi connectivity index (χ2v) is 8.08. The molecule has 0 atom stereocenters. The van der Waals surface area contributed by atoms with Crippen LogP contribution in [0, 0.1) is 17.4 Å². The van der Waals surface area contributed by atoms with Gasteiger partial charge in [-0.2, -0.15) is 5.10 Å². The van der Waals surface area contributed by atoms with E-state index in [1.54, 1.807) is 24.3 Å². The van der Waals surface area contributed by atoms with Crippen LogP contribution in [0.2, 0.25) is 0 Å². The molecule has 0 aliphatic rings. The maximum absolute atomic E-state index is 12.4. The number of rotatable bonds is 8. The molecule has 1 heterocycles. The molecule has 0 saturated carbocycles. The Bertz CT molecular complexity index is 1150. The molecule has 8 nitrogen and oxygen atoms in total. The average molecular weight is 547 g/mol. The smallest absolute Gasteiger partial charge is 0.341 e. The molecule has 0 unspecified atom stereocenters. The zero-order valence-electron chi connectivity index (χ0n) is 17.8. The standard InChI is InChI=1S/C23H22IN3O5/c1-14-4-5-15(2)27(14)18-8-6-17(7-9-18)23(30)26-25-12-16-10-19(24)22(20(11-16)31-3)32-13-21(28)29/h4-12H,13H2,1-3H3,(H,26,30)(H,28,29)/b25-12-. The van der Waals surface area contributed by atoms with Crippen LogP contribution < -0.4 is 14.9 Å². The van der Waals surface area contributed by atoms with E-state index in [0.29, 0.717) is 26.2 Å². The maximum Gasteiger partial charge on any atom is 0.341 e. The van der Waals surface area contributed by atoms with Crippen molar-refractivity contribution in [3.8, 4) is 17.2 Å². The van der Waals surface area contributed by atoms with Crippen molar-refractivity contribution < 1.29 is 24.2 Å². The molecule has 2 aromatic carbocycles. The average Bonchev–Trinajstić information content (AvgIpc) is 3.10. The second kappa shape index (κ2) is 10.3. The second-order valence-electron chi connectivity index (χ2n) is 6.91. The molecular weight excluding hydrogens is 525 g/mol. The zero-order valence-corrected chi connectivity index (χ0v) is 19.9. The minimum atomic E-state index is -1.08. The number of carboxylic acids is 1. The normalized spacial score (nSPS) is 10.9. The van der Waals surface area contributed by atoms with Crippen LogP contribution in [0.15, 0.2) is 53.6 Å². The van der Waals surface area contributed by atoms with E-state index in [2.05, 4.69) is 15.1 Å². The highest BCUT2D eigenvalue weighted by Gasteiger charge is 2.13. The number of aliphatic carboxylic acids is 1. The van der Waals surface area contributed by atoms with Crippen molar-refractivity contribution in [2.45, 2.75) is 13.8 Å². The number of aromatic nitrogens is 1. The van der Waals surface area contributed by atoms with Crippen molar-refractivity contribution in [2.24, 2.45) is 5.10 Å². The first-order valence-electron chi connectivity index (χ1n) is 9.61. The van der Waals surface area contributed by atoms with Crippen molar-refractivity contribution in [2.75, 3.05) is 13.7 Å². The summed E-state index contributed by atoms with van der Waals surface area (Å²) in [6.07, 6.45) is 1.48. The number of amides is 1. The van der Waals surface area contributed by atoms with E-state index < -0.39 is 12.6 Å². The number of ether oxygens (including phenoxy) is 2. The number of nitrogens with one attached hydrogen (secondary N) is 1. The van der Waals surface area contributed by atoms with E-state index in [1.807, 2.05) is 60.7 Å². The summed E-state index contributed by atoms with van der Waals surface area (Å²) in [6, 6.07) is 14.8. The summed E-state index contributed by atoms with van der Waals surface area (Å²) < 4.78 is 13.3. The van der Waals surface area contributed by atoms with Gasteiger partial charge in [-0.3, -0.25) is 4.79 Å². The molecule has 0 fully saturated rings. The van der Waals surface area contributed by atoms with E-state index in [9.17, 15) is 9.59 Å². The van der Waals surface area contributed by atoms with Crippen LogP contribution in [0.5, 0.6) is 11.5 Å². The largest absolute Gasteiger partial charge is 0.493 e. The van der Waals surface area contributed by atoms with Crippen molar-refractivity contribution >= 4 is 40.7 Å². The SMILES string of the molecule is COc1cc(/C=N\NC(=O)c2ccc(-n3c(C)ccc3C)cc2)cc(I)c1OCC(=O)O. The van der Waals surface area contributed by atoms with E-state index in [0.717, 1.165) is 17.1 Å². The summed E-state index contributed by atoms with van der Waals surface area (Å²) in [5, 5.41) is 12.8. The van der Waals surface area contributed by atoms with Crippen LogP contribution in [0.25, 0.3) is 5.69 Å². The Kier molecular flexibility index (Phi) is 7.52. The first-order chi connectivity index (χ1) is 15.3. The molecule has 3 rings (SSSR count). The van der Waals surface area contributed by atoms with Crippen LogP contribution in [0.3, 0.4) is 0 Å². The van der Waals surface area contributed by atoms with E-state index in [4.69, 9.17) is 14.6 Å². The van der Waals surface area contributed by atoms with Crippen molar-refractivity contribution in [3.63, 3.8) is 0 Å². The molecule has 0 spiro atoms. The highest BCUT2D eigenvalue weighted by atomic mass is 127. The van der Waals surface area contributed by atoms with Gasteiger partial charge in [0.15, 0.2) is 18.1 Å². The van der Waals surface area contributed by atoms with Crippen LogP contribution in [-0.2, 0) is 4.79 Å². The third kappa shape index (κ3) is 5.47. The number of nitrogens with zero attached hydrogens (tertiary/aromatic N) is 2. The molecule has 0 aliphatic carbocycles. The molecule has 0 aliphatic heterocycles. The van der Waals surface area contributed by atoms with Crippen LogP contribution in [0.1, 0.15) is 27.3 Å². The van der Waals surface area contributed by atoms with E-state index in [1.165, 1.54) is 13.3 Å². The Morgan fingerprint density at radius 3 is 2.38 bits per heavy atom. The minimum absolute atomic E-state index is 0.336. The summed E-state index contributed by atoms with van der Waals surface area (Å²) >= 11 is 2.02. The number of hydrogen-bond acceptors (Lipinski definition) is 5. The predicted molar refractivity (Wildman–Crippen MR) is 129 cm³/mol. The Morgan fingerprint density at radius 2 is 1.78 bits per heavy atom. The number of aryl methyl sites for hydroxylation is 2. The number of methoxy groups -OCH3 is 1. The molecular formula is C23H22IN3O5. The first-order valence-corrected chi connectivity index (χ1v) is 10.7. The quantitative estimate of drug-likeness (QED) is 0.253. The number of hydrogen-bond donors (Lipinski definition) is 2. The zero-order chi connectivity index (χ0) is 23.3. The molecule has 32 heavy (non-hydrogen) atoms. The maximum atomic E-state index is 12.4. The first kappa shape index (κ1) is 23.3. The van der Waals surface area contributed by atoms with Crippen LogP contribution in [-0.4, -0.2) is 41.5 Å². The molecule has 9 heteroatoms. The topological polar surface area (TPSA) is 102 Å². The Morgan fingerprint density at radius 1 is 1.12 bits per heavy atom. The van der Waals surface area contributed by atoms with Gasteiger partial charge in [-0.15, -0.1) is 0 Å². The number of carbonyl (C=O) groups is 2. The third-order valence-corrected chi connectivity index (χ3v) is 5.43. The number of carbonyl (C=O) groups excluding carboxylic acids is 1. The van der Waals surface area contributed by atoms with Crippen molar-refractivity contribution in [1.29, 1.82) is 0 Å². The molecule has 0 bridgehead atoms. The van der Waals surface area contributed by atoms with Gasteiger partial charge in [0.25, 0.3) is 5.91 Å². The summed E-state index contributed by atoms with van der Waals surface area (Å²) in [4.78, 5) is 23.2.